The van der Waals surface area contributed by atoms with E-state index in [0.717, 1.165) is 46.0 Å². The minimum Gasteiger partial charge on any atom is -0.491 e. The lowest BCUT2D eigenvalue weighted by molar-refractivity contribution is 0.112. The summed E-state index contributed by atoms with van der Waals surface area (Å²) < 4.78 is 32.8. The van der Waals surface area contributed by atoms with E-state index in [1.54, 1.807) is 11.3 Å². The number of thiazole rings is 1. The van der Waals surface area contributed by atoms with Crippen LogP contribution in [0.3, 0.4) is 0 Å². The molecule has 0 aliphatic carbocycles. The predicted molar refractivity (Wildman–Crippen MR) is 116 cm³/mol. The van der Waals surface area contributed by atoms with E-state index in [-0.39, 0.29) is 18.4 Å². The molecule has 2 aromatic carbocycles. The number of nitrogens with zero attached hydrogens (tertiary/aromatic N) is 3. The van der Waals surface area contributed by atoms with Gasteiger partial charge in [-0.15, -0.1) is 0 Å². The van der Waals surface area contributed by atoms with Crippen molar-refractivity contribution in [3.8, 4) is 5.75 Å². The van der Waals surface area contributed by atoms with Gasteiger partial charge in [-0.3, -0.25) is 4.99 Å². The van der Waals surface area contributed by atoms with Gasteiger partial charge in [0.05, 0.1) is 16.3 Å². The highest BCUT2D eigenvalue weighted by Crippen LogP contribution is 2.31. The summed E-state index contributed by atoms with van der Waals surface area (Å²) in [5, 5.41) is 11.3. The first kappa shape index (κ1) is 20.7. The summed E-state index contributed by atoms with van der Waals surface area (Å²) in [5.41, 5.74) is 1.93. The number of para-hydroxylation sites is 1. The molecule has 0 bridgehead atoms. The fraction of sp³-hybridized carbons (Fsp3) is 0.364. The fourth-order valence-electron chi connectivity index (χ4n) is 3.55. The number of benzene rings is 2. The van der Waals surface area contributed by atoms with E-state index in [0.29, 0.717) is 13.0 Å². The number of aromatic nitrogens is 1. The largest absolute Gasteiger partial charge is 0.491 e. The second-order valence-corrected chi connectivity index (χ2v) is 8.42. The summed E-state index contributed by atoms with van der Waals surface area (Å²) >= 11 is 1.67. The van der Waals surface area contributed by atoms with Crippen LogP contribution in [0, 0.1) is 11.6 Å². The van der Waals surface area contributed by atoms with Crippen molar-refractivity contribution >= 4 is 32.4 Å². The quantitative estimate of drug-likeness (QED) is 0.601. The Morgan fingerprint density at radius 2 is 2.07 bits per heavy atom. The Morgan fingerprint density at radius 1 is 1.23 bits per heavy atom. The summed E-state index contributed by atoms with van der Waals surface area (Å²) in [7, 11) is 2.05. The molecule has 0 saturated carbocycles. The number of anilines is 1. The van der Waals surface area contributed by atoms with Crippen LogP contribution in [0.5, 0.6) is 5.75 Å². The molecule has 1 aromatic heterocycles. The molecule has 1 aliphatic rings. The maximum absolute atomic E-state index is 13.3. The molecule has 0 spiro atoms. The lowest BCUT2D eigenvalue weighted by Crippen LogP contribution is -2.37. The Kier molecular flexibility index (Phi) is 6.24. The van der Waals surface area contributed by atoms with Gasteiger partial charge in [-0.05, 0) is 30.7 Å². The SMILES string of the molecule is CN(c1nc2ccccc2s1)C1CCN=C(CC(O)COc2ccc(F)c(F)c2)C1. The first-order valence-corrected chi connectivity index (χ1v) is 10.7. The zero-order valence-corrected chi connectivity index (χ0v) is 17.4. The maximum Gasteiger partial charge on any atom is 0.186 e. The van der Waals surface area contributed by atoms with E-state index in [9.17, 15) is 13.9 Å². The molecule has 30 heavy (non-hydrogen) atoms. The molecule has 1 aliphatic heterocycles. The van der Waals surface area contributed by atoms with Gasteiger partial charge in [-0.1, -0.05) is 23.5 Å². The Labute approximate surface area is 177 Å². The highest BCUT2D eigenvalue weighted by Gasteiger charge is 2.24. The van der Waals surface area contributed by atoms with E-state index in [2.05, 4.69) is 16.0 Å². The zero-order chi connectivity index (χ0) is 21.1. The third kappa shape index (κ3) is 4.76. The molecule has 1 N–H and O–H groups in total. The van der Waals surface area contributed by atoms with Gasteiger partial charge in [0.15, 0.2) is 16.8 Å². The highest BCUT2D eigenvalue weighted by molar-refractivity contribution is 7.22. The molecule has 0 fully saturated rings. The van der Waals surface area contributed by atoms with Gasteiger partial charge < -0.3 is 14.7 Å². The Bertz CT molecular complexity index is 1020. The van der Waals surface area contributed by atoms with Crippen LogP contribution < -0.4 is 9.64 Å². The summed E-state index contributed by atoms with van der Waals surface area (Å²) in [4.78, 5) is 11.5. The molecule has 3 aromatic rings. The van der Waals surface area contributed by atoms with Crippen molar-refractivity contribution < 1.29 is 18.6 Å². The molecule has 2 unspecified atom stereocenters. The molecule has 5 nitrogen and oxygen atoms in total. The lowest BCUT2D eigenvalue weighted by Gasteiger charge is -2.31. The van der Waals surface area contributed by atoms with Gasteiger partial charge >= 0.3 is 0 Å². The highest BCUT2D eigenvalue weighted by atomic mass is 32.1. The van der Waals surface area contributed by atoms with Crippen molar-refractivity contribution in [2.45, 2.75) is 31.4 Å². The van der Waals surface area contributed by atoms with E-state index in [4.69, 9.17) is 9.72 Å². The van der Waals surface area contributed by atoms with Gasteiger partial charge in [-0.25, -0.2) is 13.8 Å². The molecule has 8 heteroatoms. The zero-order valence-electron chi connectivity index (χ0n) is 16.6. The van der Waals surface area contributed by atoms with E-state index in [1.165, 1.54) is 6.07 Å². The third-order valence-electron chi connectivity index (χ3n) is 5.21. The van der Waals surface area contributed by atoms with Crippen LogP contribution in [0.4, 0.5) is 13.9 Å². The Morgan fingerprint density at radius 3 is 2.87 bits per heavy atom. The van der Waals surface area contributed by atoms with Crippen molar-refractivity contribution in [3.63, 3.8) is 0 Å². The van der Waals surface area contributed by atoms with E-state index in [1.807, 2.05) is 25.2 Å². The van der Waals surface area contributed by atoms with E-state index < -0.39 is 17.7 Å². The smallest absolute Gasteiger partial charge is 0.186 e. The van der Waals surface area contributed by atoms with Gasteiger partial charge in [-0.2, -0.15) is 0 Å². The van der Waals surface area contributed by atoms with Gasteiger partial charge in [0.25, 0.3) is 0 Å². The molecular formula is C22H23F2N3O2S. The molecular weight excluding hydrogens is 408 g/mol. The third-order valence-corrected chi connectivity index (χ3v) is 6.33. The van der Waals surface area contributed by atoms with Gasteiger partial charge in [0.2, 0.25) is 0 Å². The summed E-state index contributed by atoms with van der Waals surface area (Å²) in [6, 6.07) is 11.7. The van der Waals surface area contributed by atoms with Crippen LogP contribution in [0.1, 0.15) is 19.3 Å². The number of aliphatic hydroxyl groups excluding tert-OH is 1. The van der Waals surface area contributed by atoms with Crippen LogP contribution in [0.15, 0.2) is 47.5 Å². The first-order chi connectivity index (χ1) is 14.5. The molecule has 0 saturated heterocycles. The molecule has 2 atom stereocenters. The predicted octanol–water partition coefficient (Wildman–Crippen LogP) is 4.44. The molecule has 2 heterocycles. The summed E-state index contributed by atoms with van der Waals surface area (Å²) in [6.45, 7) is 0.689. The molecule has 0 amide bonds. The first-order valence-electron chi connectivity index (χ1n) is 9.86. The van der Waals surface area contributed by atoms with Crippen LogP contribution >= 0.6 is 11.3 Å². The number of hydrogen-bond donors (Lipinski definition) is 1. The molecule has 0 radical (unpaired) electrons. The number of fused-ring (bicyclic) bond motifs is 1. The van der Waals surface area contributed by atoms with Crippen molar-refractivity contribution in [1.29, 1.82) is 0 Å². The average Bonchev–Trinajstić information content (AvgIpc) is 3.18. The van der Waals surface area contributed by atoms with Crippen LogP contribution in [-0.4, -0.2) is 48.1 Å². The lowest BCUT2D eigenvalue weighted by atomic mass is 9.98. The van der Waals surface area contributed by atoms with Crippen molar-refractivity contribution in [2.24, 2.45) is 4.99 Å². The number of halogens is 2. The number of ether oxygens (including phenoxy) is 1. The number of aliphatic imine (C=N–C) groups is 1. The average molecular weight is 432 g/mol. The molecule has 158 valence electrons. The molecule has 4 rings (SSSR count). The Hall–Kier alpha value is -2.58. The topological polar surface area (TPSA) is 58.0 Å². The minimum absolute atomic E-state index is 0.0114. The Balaban J connectivity index is 1.32. The summed E-state index contributed by atoms with van der Waals surface area (Å²) in [5.74, 6) is -1.71. The number of hydrogen-bond acceptors (Lipinski definition) is 6. The number of rotatable bonds is 7. The number of aliphatic hydroxyl groups is 1. The standard InChI is InChI=1S/C22H23F2N3O2S/c1-27(22-26-20-4-2-3-5-21(20)30-22)15-8-9-25-14(10-15)11-16(28)13-29-17-6-7-18(23)19(24)12-17/h2-7,12,15-16,28H,8-11,13H2,1H3. The van der Waals surface area contributed by atoms with E-state index >= 15 is 0 Å². The van der Waals surface area contributed by atoms with Crippen molar-refractivity contribution in [1.82, 2.24) is 4.98 Å². The normalized spacial score (nSPS) is 17.6. The minimum atomic E-state index is -0.973. The van der Waals surface area contributed by atoms with Crippen LogP contribution in [0.2, 0.25) is 0 Å². The second kappa shape index (κ2) is 9.06. The van der Waals surface area contributed by atoms with Gasteiger partial charge in [0, 0.05) is 44.3 Å². The summed E-state index contributed by atoms with van der Waals surface area (Å²) in [6.07, 6.45) is 1.28. The van der Waals surface area contributed by atoms with Gasteiger partial charge in [0.1, 0.15) is 12.4 Å². The van der Waals surface area contributed by atoms with Crippen molar-refractivity contribution in [2.75, 3.05) is 25.1 Å². The van der Waals surface area contributed by atoms with Crippen LogP contribution in [-0.2, 0) is 0 Å². The fourth-order valence-corrected chi connectivity index (χ4v) is 4.54. The maximum atomic E-state index is 13.3. The monoisotopic (exact) mass is 431 g/mol. The second-order valence-electron chi connectivity index (χ2n) is 7.41. The van der Waals surface area contributed by atoms with Crippen LogP contribution in [0.25, 0.3) is 10.2 Å². The van der Waals surface area contributed by atoms with Crippen molar-refractivity contribution in [3.05, 3.63) is 54.1 Å².